The molecule has 4 nitrogen and oxygen atoms in total. The standard InChI is InChI=1S/C20H28N2O2/c1-14-7-9-16(10-8-14)19-17(11-12-18(23)21(19)3)20(24)22-13-5-4-6-15(22)2/h7-10,15,17,19H,4-6,11-13H2,1-3H3. The van der Waals surface area contributed by atoms with Crippen molar-refractivity contribution in [3.05, 3.63) is 35.4 Å². The summed E-state index contributed by atoms with van der Waals surface area (Å²) in [6.07, 6.45) is 4.51. The van der Waals surface area contributed by atoms with Crippen LogP contribution in [0.3, 0.4) is 0 Å². The smallest absolute Gasteiger partial charge is 0.228 e. The van der Waals surface area contributed by atoms with Crippen LogP contribution in [0.15, 0.2) is 24.3 Å². The van der Waals surface area contributed by atoms with E-state index in [0.717, 1.165) is 24.9 Å². The van der Waals surface area contributed by atoms with Crippen LogP contribution in [-0.4, -0.2) is 41.2 Å². The first kappa shape index (κ1) is 17.0. The Hall–Kier alpha value is -1.84. The molecule has 3 atom stereocenters. The van der Waals surface area contributed by atoms with E-state index in [2.05, 4.69) is 43.0 Å². The number of aryl methyl sites for hydroxylation is 1. The molecule has 2 heterocycles. The molecule has 0 bridgehead atoms. The summed E-state index contributed by atoms with van der Waals surface area (Å²) in [5.74, 6) is 0.236. The zero-order valence-corrected chi connectivity index (χ0v) is 15.0. The number of amides is 2. The molecular formula is C20H28N2O2. The molecule has 24 heavy (non-hydrogen) atoms. The highest BCUT2D eigenvalue weighted by atomic mass is 16.2. The number of piperidine rings is 2. The summed E-state index contributed by atoms with van der Waals surface area (Å²) < 4.78 is 0. The van der Waals surface area contributed by atoms with Crippen LogP contribution in [0.4, 0.5) is 0 Å². The topological polar surface area (TPSA) is 40.6 Å². The fourth-order valence-corrected chi connectivity index (χ4v) is 4.15. The third-order valence-electron chi connectivity index (χ3n) is 5.68. The Morgan fingerprint density at radius 1 is 1.12 bits per heavy atom. The zero-order valence-electron chi connectivity index (χ0n) is 15.0. The van der Waals surface area contributed by atoms with Crippen molar-refractivity contribution >= 4 is 11.8 Å². The van der Waals surface area contributed by atoms with Crippen molar-refractivity contribution in [1.82, 2.24) is 9.80 Å². The number of hydrogen-bond donors (Lipinski definition) is 0. The number of likely N-dealkylation sites (tertiary alicyclic amines) is 2. The molecule has 2 saturated heterocycles. The van der Waals surface area contributed by atoms with Gasteiger partial charge in [-0.15, -0.1) is 0 Å². The van der Waals surface area contributed by atoms with Crippen LogP contribution in [0.2, 0.25) is 0 Å². The summed E-state index contributed by atoms with van der Waals surface area (Å²) in [5, 5.41) is 0. The Balaban J connectivity index is 1.89. The fourth-order valence-electron chi connectivity index (χ4n) is 4.15. The molecule has 0 radical (unpaired) electrons. The van der Waals surface area contributed by atoms with E-state index in [4.69, 9.17) is 0 Å². The molecule has 2 aliphatic heterocycles. The molecule has 2 fully saturated rings. The average molecular weight is 328 g/mol. The van der Waals surface area contributed by atoms with Gasteiger partial charge in [0.1, 0.15) is 0 Å². The molecule has 1 aromatic carbocycles. The van der Waals surface area contributed by atoms with E-state index < -0.39 is 0 Å². The summed E-state index contributed by atoms with van der Waals surface area (Å²) >= 11 is 0. The molecule has 1 aromatic rings. The second-order valence-corrected chi connectivity index (χ2v) is 7.38. The molecule has 130 valence electrons. The van der Waals surface area contributed by atoms with E-state index in [9.17, 15) is 9.59 Å². The summed E-state index contributed by atoms with van der Waals surface area (Å²) in [5.41, 5.74) is 2.26. The Morgan fingerprint density at radius 3 is 2.50 bits per heavy atom. The van der Waals surface area contributed by atoms with E-state index in [1.165, 1.54) is 12.0 Å². The molecule has 3 unspecified atom stereocenters. The predicted octanol–water partition coefficient (Wildman–Crippen LogP) is 3.31. The van der Waals surface area contributed by atoms with Gasteiger partial charge in [0, 0.05) is 26.1 Å². The SMILES string of the molecule is Cc1ccc(C2C(C(=O)N3CCCCC3C)CCC(=O)N2C)cc1. The molecule has 3 rings (SSSR count). The summed E-state index contributed by atoms with van der Waals surface area (Å²) in [6, 6.07) is 8.42. The normalized spacial score (nSPS) is 28.1. The lowest BCUT2D eigenvalue weighted by molar-refractivity contribution is -0.148. The van der Waals surface area contributed by atoms with Crippen LogP contribution in [0.5, 0.6) is 0 Å². The second-order valence-electron chi connectivity index (χ2n) is 7.38. The van der Waals surface area contributed by atoms with Gasteiger partial charge in [-0.05, 0) is 45.1 Å². The lowest BCUT2D eigenvalue weighted by Gasteiger charge is -2.43. The minimum absolute atomic E-state index is 0.129. The summed E-state index contributed by atoms with van der Waals surface area (Å²) in [4.78, 5) is 29.3. The predicted molar refractivity (Wildman–Crippen MR) is 94.4 cm³/mol. The summed E-state index contributed by atoms with van der Waals surface area (Å²) in [6.45, 7) is 5.06. The largest absolute Gasteiger partial charge is 0.340 e. The highest BCUT2D eigenvalue weighted by molar-refractivity contribution is 5.85. The second kappa shape index (κ2) is 6.96. The first-order valence-electron chi connectivity index (χ1n) is 9.11. The van der Waals surface area contributed by atoms with Crippen LogP contribution in [0.25, 0.3) is 0 Å². The average Bonchev–Trinajstić information content (AvgIpc) is 2.58. The van der Waals surface area contributed by atoms with Crippen molar-refractivity contribution in [2.75, 3.05) is 13.6 Å². The maximum atomic E-state index is 13.3. The van der Waals surface area contributed by atoms with Crippen molar-refractivity contribution in [3.8, 4) is 0 Å². The number of rotatable bonds is 2. The Kier molecular flexibility index (Phi) is 4.93. The molecule has 0 aliphatic carbocycles. The molecular weight excluding hydrogens is 300 g/mol. The van der Waals surface area contributed by atoms with Crippen LogP contribution < -0.4 is 0 Å². The van der Waals surface area contributed by atoms with Crippen LogP contribution >= 0.6 is 0 Å². The monoisotopic (exact) mass is 328 g/mol. The van der Waals surface area contributed by atoms with Crippen LogP contribution in [0.1, 0.15) is 56.2 Å². The molecule has 0 N–H and O–H groups in total. The van der Waals surface area contributed by atoms with Crippen LogP contribution in [0, 0.1) is 12.8 Å². The Labute approximate surface area is 144 Å². The Morgan fingerprint density at radius 2 is 1.83 bits per heavy atom. The van der Waals surface area contributed by atoms with E-state index in [0.29, 0.717) is 18.9 Å². The van der Waals surface area contributed by atoms with Gasteiger partial charge in [-0.25, -0.2) is 0 Å². The minimum atomic E-state index is -0.145. The van der Waals surface area contributed by atoms with Gasteiger partial charge in [0.15, 0.2) is 0 Å². The van der Waals surface area contributed by atoms with E-state index in [1.54, 1.807) is 4.90 Å². The van der Waals surface area contributed by atoms with Gasteiger partial charge in [-0.1, -0.05) is 29.8 Å². The van der Waals surface area contributed by atoms with E-state index in [-0.39, 0.29) is 23.8 Å². The molecule has 0 spiro atoms. The Bertz CT molecular complexity index is 611. The van der Waals surface area contributed by atoms with Crippen molar-refractivity contribution < 1.29 is 9.59 Å². The van der Waals surface area contributed by atoms with Gasteiger partial charge in [0.25, 0.3) is 0 Å². The maximum Gasteiger partial charge on any atom is 0.228 e. The number of carbonyl (C=O) groups is 2. The number of benzene rings is 1. The number of nitrogens with zero attached hydrogens (tertiary/aromatic N) is 2. The zero-order chi connectivity index (χ0) is 17.3. The van der Waals surface area contributed by atoms with E-state index >= 15 is 0 Å². The van der Waals surface area contributed by atoms with Crippen molar-refractivity contribution in [2.24, 2.45) is 5.92 Å². The van der Waals surface area contributed by atoms with Gasteiger partial charge in [-0.3, -0.25) is 9.59 Å². The van der Waals surface area contributed by atoms with Gasteiger partial charge < -0.3 is 9.80 Å². The molecule has 0 aromatic heterocycles. The lowest BCUT2D eigenvalue weighted by Crippen LogP contribution is -2.51. The van der Waals surface area contributed by atoms with Gasteiger partial charge in [0.2, 0.25) is 11.8 Å². The lowest BCUT2D eigenvalue weighted by atomic mass is 9.82. The quantitative estimate of drug-likeness (QED) is 0.836. The minimum Gasteiger partial charge on any atom is -0.340 e. The molecule has 0 saturated carbocycles. The van der Waals surface area contributed by atoms with Gasteiger partial charge in [-0.2, -0.15) is 0 Å². The number of carbonyl (C=O) groups excluding carboxylic acids is 2. The van der Waals surface area contributed by atoms with Gasteiger partial charge >= 0.3 is 0 Å². The van der Waals surface area contributed by atoms with Crippen molar-refractivity contribution in [3.63, 3.8) is 0 Å². The van der Waals surface area contributed by atoms with Gasteiger partial charge in [0.05, 0.1) is 12.0 Å². The van der Waals surface area contributed by atoms with Crippen LogP contribution in [-0.2, 0) is 9.59 Å². The molecule has 4 heteroatoms. The third kappa shape index (κ3) is 3.19. The highest BCUT2D eigenvalue weighted by Crippen LogP contribution is 2.38. The molecule has 2 amide bonds. The summed E-state index contributed by atoms with van der Waals surface area (Å²) in [7, 11) is 1.84. The van der Waals surface area contributed by atoms with E-state index in [1.807, 2.05) is 7.05 Å². The van der Waals surface area contributed by atoms with Crippen molar-refractivity contribution in [2.45, 2.75) is 58.0 Å². The molecule has 2 aliphatic rings. The fraction of sp³-hybridized carbons (Fsp3) is 0.600. The highest BCUT2D eigenvalue weighted by Gasteiger charge is 2.41. The first-order valence-corrected chi connectivity index (χ1v) is 9.11. The number of hydrogen-bond acceptors (Lipinski definition) is 2. The third-order valence-corrected chi connectivity index (χ3v) is 5.68. The maximum absolute atomic E-state index is 13.3. The first-order chi connectivity index (χ1) is 11.5. The van der Waals surface area contributed by atoms with Crippen molar-refractivity contribution in [1.29, 1.82) is 0 Å².